The van der Waals surface area contributed by atoms with Crippen LogP contribution in [0.25, 0.3) is 17.2 Å². The third-order valence-electron chi connectivity index (χ3n) is 2.45. The lowest BCUT2D eigenvalue weighted by molar-refractivity contribution is 0.839. The number of anilines is 1. The number of nitrogens with one attached hydrogen (secondary N) is 1. The Kier molecular flexibility index (Phi) is 2.45. The smallest absolute Gasteiger partial charge is 0.165 e. The van der Waals surface area contributed by atoms with Crippen LogP contribution in [0.3, 0.4) is 0 Å². The summed E-state index contributed by atoms with van der Waals surface area (Å²) in [6.45, 7) is 0.625. The predicted molar refractivity (Wildman–Crippen MR) is 65.2 cm³/mol. The highest BCUT2D eigenvalue weighted by atomic mass is 15.3. The Balaban J connectivity index is 1.85. The number of fused-ring (bicyclic) bond motifs is 1. The second kappa shape index (κ2) is 4.24. The minimum absolute atomic E-state index is 0.388. The Morgan fingerprint density at radius 2 is 2.28 bits per heavy atom. The van der Waals surface area contributed by atoms with Crippen molar-refractivity contribution in [3.8, 4) is 0 Å². The van der Waals surface area contributed by atoms with E-state index < -0.39 is 0 Å². The molecule has 3 N–H and O–H groups in total. The maximum absolute atomic E-state index is 5.71. The zero-order valence-electron chi connectivity index (χ0n) is 9.35. The molecule has 0 radical (unpaired) electrons. The van der Waals surface area contributed by atoms with E-state index in [-0.39, 0.29) is 0 Å². The average Bonchev–Trinajstić information content (AvgIpc) is 3.00. The second-order valence-corrected chi connectivity index (χ2v) is 3.63. The van der Waals surface area contributed by atoms with E-state index >= 15 is 0 Å². The Morgan fingerprint density at radius 3 is 3.11 bits per heavy atom. The Bertz CT molecular complexity index is 681. The highest BCUT2D eigenvalue weighted by Crippen LogP contribution is 2.13. The summed E-state index contributed by atoms with van der Waals surface area (Å²) in [5, 5.41) is 10.2. The number of hydrogen-bond donors (Lipinski definition) is 2. The highest BCUT2D eigenvalue weighted by Gasteiger charge is 2.05. The van der Waals surface area contributed by atoms with Crippen molar-refractivity contribution >= 4 is 23.1 Å². The fourth-order valence-corrected chi connectivity index (χ4v) is 1.61. The van der Waals surface area contributed by atoms with Crippen LogP contribution in [0, 0.1) is 0 Å². The first-order valence-electron chi connectivity index (χ1n) is 5.28. The summed E-state index contributed by atoms with van der Waals surface area (Å²) in [6.07, 6.45) is 8.56. The number of rotatable bonds is 3. The Morgan fingerprint density at radius 1 is 1.33 bits per heavy atom. The minimum Gasteiger partial charge on any atom is -0.382 e. The lowest BCUT2D eigenvalue weighted by Crippen LogP contribution is -1.97. The molecule has 0 aliphatic carbocycles. The van der Waals surface area contributed by atoms with Crippen LogP contribution in [0.15, 0.2) is 24.9 Å². The summed E-state index contributed by atoms with van der Waals surface area (Å²) in [5.74, 6) is 0.388. The zero-order chi connectivity index (χ0) is 12.4. The van der Waals surface area contributed by atoms with Gasteiger partial charge in [0.1, 0.15) is 17.5 Å². The Hall–Kier alpha value is -2.77. The molecule has 3 rings (SSSR count). The molecule has 3 heterocycles. The van der Waals surface area contributed by atoms with Gasteiger partial charge >= 0.3 is 0 Å². The summed E-state index contributed by atoms with van der Waals surface area (Å²) in [6, 6.07) is 0. The first-order chi connectivity index (χ1) is 8.84. The number of aromatic nitrogens is 7. The third-order valence-corrected chi connectivity index (χ3v) is 2.45. The van der Waals surface area contributed by atoms with Crippen LogP contribution in [0.5, 0.6) is 0 Å². The van der Waals surface area contributed by atoms with Crippen molar-refractivity contribution in [1.82, 2.24) is 34.9 Å². The van der Waals surface area contributed by atoms with Crippen LogP contribution < -0.4 is 5.73 Å². The number of hydrogen-bond acceptors (Lipinski definition) is 6. The molecular formula is C10H10N8. The molecule has 0 unspecified atom stereocenters. The fraction of sp³-hybridized carbons (Fsp3) is 0.100. The molecule has 8 nitrogen and oxygen atoms in total. The standard InChI is InChI=1S/C10H10N8/c11-9-8-10(13-5-12-9)18(6-14-8)3-1-2-7-4-15-17-16-7/h1-2,4-6H,3H2,(H2,11,12,13)(H,15,16,17). The summed E-state index contributed by atoms with van der Waals surface area (Å²) in [5.41, 5.74) is 7.81. The lowest BCUT2D eigenvalue weighted by Gasteiger charge is -1.98. The summed E-state index contributed by atoms with van der Waals surface area (Å²) in [4.78, 5) is 12.2. The number of allylic oxidation sites excluding steroid dienone is 1. The molecular weight excluding hydrogens is 232 g/mol. The second-order valence-electron chi connectivity index (χ2n) is 3.63. The summed E-state index contributed by atoms with van der Waals surface area (Å²) in [7, 11) is 0. The van der Waals surface area contributed by atoms with Gasteiger partial charge in [-0.15, -0.1) is 0 Å². The SMILES string of the molecule is Nc1ncnc2c1ncn2CC=Cc1cn[nH]n1. The van der Waals surface area contributed by atoms with Gasteiger partial charge in [-0.3, -0.25) is 0 Å². The largest absolute Gasteiger partial charge is 0.382 e. The molecule has 3 aromatic heterocycles. The molecule has 0 fully saturated rings. The van der Waals surface area contributed by atoms with Crippen molar-refractivity contribution in [2.75, 3.05) is 5.73 Å². The van der Waals surface area contributed by atoms with Crippen molar-refractivity contribution in [2.24, 2.45) is 0 Å². The first-order valence-corrected chi connectivity index (χ1v) is 5.28. The van der Waals surface area contributed by atoms with Gasteiger partial charge in [-0.25, -0.2) is 15.0 Å². The fourth-order valence-electron chi connectivity index (χ4n) is 1.61. The number of nitrogens with zero attached hydrogens (tertiary/aromatic N) is 6. The highest BCUT2D eigenvalue weighted by molar-refractivity contribution is 5.81. The average molecular weight is 242 g/mol. The quantitative estimate of drug-likeness (QED) is 0.680. The minimum atomic E-state index is 0.388. The van der Waals surface area contributed by atoms with Gasteiger partial charge in [0.15, 0.2) is 11.5 Å². The molecule has 0 atom stereocenters. The summed E-state index contributed by atoms with van der Waals surface area (Å²) >= 11 is 0. The van der Waals surface area contributed by atoms with Gasteiger partial charge in [0.25, 0.3) is 0 Å². The van der Waals surface area contributed by atoms with E-state index in [1.165, 1.54) is 6.33 Å². The predicted octanol–water partition coefficient (Wildman–Crippen LogP) is 0.240. The molecule has 0 spiro atoms. The topological polar surface area (TPSA) is 111 Å². The maximum Gasteiger partial charge on any atom is 0.165 e. The van der Waals surface area contributed by atoms with E-state index in [2.05, 4.69) is 30.4 Å². The maximum atomic E-state index is 5.71. The van der Waals surface area contributed by atoms with Crippen LogP contribution in [0.1, 0.15) is 5.69 Å². The van der Waals surface area contributed by atoms with Gasteiger partial charge in [0.2, 0.25) is 0 Å². The van der Waals surface area contributed by atoms with Crippen molar-refractivity contribution in [2.45, 2.75) is 6.54 Å². The van der Waals surface area contributed by atoms with Crippen LogP contribution in [0.4, 0.5) is 5.82 Å². The molecule has 18 heavy (non-hydrogen) atoms. The van der Waals surface area contributed by atoms with Crippen LogP contribution in [0.2, 0.25) is 0 Å². The molecule has 0 aromatic carbocycles. The van der Waals surface area contributed by atoms with E-state index in [4.69, 9.17) is 5.73 Å². The van der Waals surface area contributed by atoms with Gasteiger partial charge in [0.05, 0.1) is 12.5 Å². The van der Waals surface area contributed by atoms with Gasteiger partial charge < -0.3 is 10.3 Å². The number of nitrogens with two attached hydrogens (primary N) is 1. The van der Waals surface area contributed by atoms with Crippen molar-refractivity contribution in [3.05, 3.63) is 30.6 Å². The molecule has 90 valence electrons. The van der Waals surface area contributed by atoms with E-state index in [0.29, 0.717) is 23.5 Å². The number of H-pyrrole nitrogens is 1. The number of aromatic amines is 1. The van der Waals surface area contributed by atoms with Gasteiger partial charge in [0, 0.05) is 6.54 Å². The molecule has 3 aromatic rings. The third kappa shape index (κ3) is 1.79. The molecule has 0 aliphatic heterocycles. The lowest BCUT2D eigenvalue weighted by atomic mass is 10.4. The molecule has 0 aliphatic rings. The monoisotopic (exact) mass is 242 g/mol. The molecule has 0 saturated heterocycles. The van der Waals surface area contributed by atoms with Crippen LogP contribution in [-0.4, -0.2) is 34.9 Å². The normalized spacial score (nSPS) is 11.6. The van der Waals surface area contributed by atoms with Crippen molar-refractivity contribution in [3.63, 3.8) is 0 Å². The van der Waals surface area contributed by atoms with E-state index in [9.17, 15) is 0 Å². The number of imidazole rings is 1. The van der Waals surface area contributed by atoms with Crippen molar-refractivity contribution < 1.29 is 0 Å². The van der Waals surface area contributed by atoms with Crippen LogP contribution >= 0.6 is 0 Å². The van der Waals surface area contributed by atoms with E-state index in [1.807, 2.05) is 16.7 Å². The van der Waals surface area contributed by atoms with Crippen LogP contribution in [-0.2, 0) is 6.54 Å². The molecule has 0 amide bonds. The van der Waals surface area contributed by atoms with E-state index in [0.717, 1.165) is 5.69 Å². The zero-order valence-corrected chi connectivity index (χ0v) is 9.35. The van der Waals surface area contributed by atoms with Gasteiger partial charge in [-0.2, -0.15) is 15.4 Å². The molecule has 8 heteroatoms. The van der Waals surface area contributed by atoms with Gasteiger partial charge in [-0.05, 0) is 6.08 Å². The molecule has 0 bridgehead atoms. The first kappa shape index (κ1) is 10.4. The summed E-state index contributed by atoms with van der Waals surface area (Å²) < 4.78 is 1.88. The van der Waals surface area contributed by atoms with Gasteiger partial charge in [-0.1, -0.05) is 6.08 Å². The number of nitrogen functional groups attached to an aromatic ring is 1. The molecule has 0 saturated carbocycles. The Labute approximate surface area is 102 Å². The van der Waals surface area contributed by atoms with E-state index in [1.54, 1.807) is 12.5 Å². The van der Waals surface area contributed by atoms with Crippen molar-refractivity contribution in [1.29, 1.82) is 0 Å².